The maximum Gasteiger partial charge on any atom is 0.129 e. The Kier molecular flexibility index (Phi) is 3.92. The molecule has 3 nitrogen and oxygen atoms in total. The molecule has 0 saturated heterocycles. The van der Waals surface area contributed by atoms with Gasteiger partial charge < -0.3 is 9.32 Å². The van der Waals surface area contributed by atoms with Crippen LogP contribution >= 0.6 is 11.6 Å². The van der Waals surface area contributed by atoms with Crippen LogP contribution in [0.1, 0.15) is 22.8 Å². The van der Waals surface area contributed by atoms with E-state index in [0.29, 0.717) is 12.4 Å². The van der Waals surface area contributed by atoms with Gasteiger partial charge in [0.2, 0.25) is 0 Å². The zero-order valence-corrected chi connectivity index (χ0v) is 11.7. The number of furan rings is 1. The van der Waals surface area contributed by atoms with E-state index in [2.05, 4.69) is 9.88 Å². The Morgan fingerprint density at radius 1 is 1.28 bits per heavy atom. The van der Waals surface area contributed by atoms with E-state index in [4.69, 9.17) is 16.0 Å². The molecule has 2 rings (SSSR count). The molecule has 0 aliphatic rings. The molecule has 0 bridgehead atoms. The summed E-state index contributed by atoms with van der Waals surface area (Å²) < 4.78 is 5.57. The predicted molar refractivity (Wildman–Crippen MR) is 74.1 cm³/mol. The summed E-state index contributed by atoms with van der Waals surface area (Å²) in [6.07, 6.45) is 0. The van der Waals surface area contributed by atoms with Gasteiger partial charge in [0.05, 0.1) is 6.54 Å². The highest BCUT2D eigenvalue weighted by molar-refractivity contribution is 6.17. The molecule has 0 amide bonds. The highest BCUT2D eigenvalue weighted by Crippen LogP contribution is 2.18. The fourth-order valence-corrected chi connectivity index (χ4v) is 2.03. The van der Waals surface area contributed by atoms with Crippen LogP contribution in [-0.2, 0) is 12.4 Å². The molecule has 0 unspecified atom stereocenters. The highest BCUT2D eigenvalue weighted by atomic mass is 35.5. The van der Waals surface area contributed by atoms with Crippen LogP contribution in [0.5, 0.6) is 0 Å². The second-order valence-corrected chi connectivity index (χ2v) is 4.74. The van der Waals surface area contributed by atoms with Gasteiger partial charge in [-0.15, -0.1) is 11.6 Å². The summed E-state index contributed by atoms with van der Waals surface area (Å²) in [6, 6.07) is 7.97. The molecule has 18 heavy (non-hydrogen) atoms. The van der Waals surface area contributed by atoms with Gasteiger partial charge in [-0.3, -0.25) is 0 Å². The van der Waals surface area contributed by atoms with Crippen molar-refractivity contribution in [1.82, 2.24) is 4.98 Å². The maximum atomic E-state index is 5.87. The Morgan fingerprint density at radius 3 is 2.67 bits per heavy atom. The molecule has 0 radical (unpaired) electrons. The van der Waals surface area contributed by atoms with Gasteiger partial charge in [-0.05, 0) is 43.7 Å². The molecule has 2 aromatic rings. The van der Waals surface area contributed by atoms with E-state index in [1.165, 1.54) is 0 Å². The average molecular weight is 265 g/mol. The standard InChI is InChI=1S/C14H17ClN2O/c1-10-6-12(8-15)7-14(16-10)17(3)9-13-5-4-11(2)18-13/h4-7H,8-9H2,1-3H3. The van der Waals surface area contributed by atoms with E-state index < -0.39 is 0 Å². The van der Waals surface area contributed by atoms with Crippen LogP contribution in [0.2, 0.25) is 0 Å². The number of hydrogen-bond acceptors (Lipinski definition) is 3. The first-order chi connectivity index (χ1) is 8.58. The molecule has 2 heterocycles. The van der Waals surface area contributed by atoms with E-state index in [-0.39, 0.29) is 0 Å². The second-order valence-electron chi connectivity index (χ2n) is 4.48. The van der Waals surface area contributed by atoms with E-state index in [0.717, 1.165) is 28.6 Å². The summed E-state index contributed by atoms with van der Waals surface area (Å²) in [5, 5.41) is 0. The number of hydrogen-bond donors (Lipinski definition) is 0. The number of halogens is 1. The van der Waals surface area contributed by atoms with E-state index in [1.807, 2.05) is 45.2 Å². The van der Waals surface area contributed by atoms with Gasteiger partial charge in [0.15, 0.2) is 0 Å². The van der Waals surface area contributed by atoms with Crippen molar-refractivity contribution in [2.24, 2.45) is 0 Å². The van der Waals surface area contributed by atoms with Crippen molar-refractivity contribution in [1.29, 1.82) is 0 Å². The van der Waals surface area contributed by atoms with Crippen LogP contribution in [0.4, 0.5) is 5.82 Å². The van der Waals surface area contributed by atoms with Crippen molar-refractivity contribution in [3.63, 3.8) is 0 Å². The molecular weight excluding hydrogens is 248 g/mol. The first kappa shape index (κ1) is 13.0. The number of rotatable bonds is 4. The molecule has 0 N–H and O–H groups in total. The lowest BCUT2D eigenvalue weighted by Crippen LogP contribution is -2.17. The van der Waals surface area contributed by atoms with E-state index in [9.17, 15) is 0 Å². The topological polar surface area (TPSA) is 29.3 Å². The van der Waals surface area contributed by atoms with E-state index >= 15 is 0 Å². The Labute approximate surface area is 112 Å². The molecule has 4 heteroatoms. The van der Waals surface area contributed by atoms with Gasteiger partial charge in [0.1, 0.15) is 17.3 Å². The second kappa shape index (κ2) is 5.44. The zero-order chi connectivity index (χ0) is 13.1. The quantitative estimate of drug-likeness (QED) is 0.789. The Morgan fingerprint density at radius 2 is 2.06 bits per heavy atom. The Hall–Kier alpha value is -1.48. The van der Waals surface area contributed by atoms with Crippen LogP contribution in [0, 0.1) is 13.8 Å². The van der Waals surface area contributed by atoms with Gasteiger partial charge in [0, 0.05) is 18.6 Å². The molecule has 2 aromatic heterocycles. The number of anilines is 1. The van der Waals surface area contributed by atoms with Crippen LogP contribution < -0.4 is 4.90 Å². The smallest absolute Gasteiger partial charge is 0.129 e. The molecule has 0 saturated carbocycles. The number of aryl methyl sites for hydroxylation is 2. The maximum absolute atomic E-state index is 5.87. The first-order valence-corrected chi connectivity index (χ1v) is 6.42. The fraction of sp³-hybridized carbons (Fsp3) is 0.357. The Balaban J connectivity index is 2.17. The van der Waals surface area contributed by atoms with Crippen molar-refractivity contribution in [2.75, 3.05) is 11.9 Å². The van der Waals surface area contributed by atoms with Crippen molar-refractivity contribution >= 4 is 17.4 Å². The van der Waals surface area contributed by atoms with Gasteiger partial charge in [-0.25, -0.2) is 4.98 Å². The summed E-state index contributed by atoms with van der Waals surface area (Å²) in [5.74, 6) is 3.28. The molecule has 0 fully saturated rings. The van der Waals surface area contributed by atoms with Gasteiger partial charge in [0.25, 0.3) is 0 Å². The average Bonchev–Trinajstić information content (AvgIpc) is 2.73. The number of aromatic nitrogens is 1. The van der Waals surface area contributed by atoms with Crippen molar-refractivity contribution in [2.45, 2.75) is 26.3 Å². The highest BCUT2D eigenvalue weighted by Gasteiger charge is 2.08. The van der Waals surface area contributed by atoms with Crippen LogP contribution in [0.15, 0.2) is 28.7 Å². The fourth-order valence-electron chi connectivity index (χ4n) is 1.88. The molecule has 0 atom stereocenters. The third-order valence-corrected chi connectivity index (χ3v) is 3.04. The first-order valence-electron chi connectivity index (χ1n) is 5.88. The summed E-state index contributed by atoms with van der Waals surface area (Å²) in [5.41, 5.74) is 2.06. The van der Waals surface area contributed by atoms with Crippen LogP contribution in [-0.4, -0.2) is 12.0 Å². The summed E-state index contributed by atoms with van der Waals surface area (Å²) in [7, 11) is 2.00. The SMILES string of the molecule is Cc1cc(CCl)cc(N(C)Cc2ccc(C)o2)n1. The number of pyridine rings is 1. The Bertz CT molecular complexity index is 536. The monoisotopic (exact) mass is 264 g/mol. The molecule has 0 spiro atoms. The normalized spacial score (nSPS) is 10.7. The predicted octanol–water partition coefficient (Wildman–Crippen LogP) is 3.67. The van der Waals surface area contributed by atoms with Crippen LogP contribution in [0.3, 0.4) is 0 Å². The molecule has 0 aliphatic heterocycles. The largest absolute Gasteiger partial charge is 0.464 e. The van der Waals surface area contributed by atoms with Crippen LogP contribution in [0.25, 0.3) is 0 Å². The third kappa shape index (κ3) is 3.05. The lowest BCUT2D eigenvalue weighted by Gasteiger charge is -2.18. The number of nitrogens with zero attached hydrogens (tertiary/aromatic N) is 2. The minimum absolute atomic E-state index is 0.504. The van der Waals surface area contributed by atoms with Gasteiger partial charge in [-0.2, -0.15) is 0 Å². The van der Waals surface area contributed by atoms with Gasteiger partial charge in [-0.1, -0.05) is 0 Å². The number of alkyl halides is 1. The van der Waals surface area contributed by atoms with Gasteiger partial charge >= 0.3 is 0 Å². The van der Waals surface area contributed by atoms with Crippen molar-refractivity contribution < 1.29 is 4.42 Å². The lowest BCUT2D eigenvalue weighted by molar-refractivity contribution is 0.481. The minimum atomic E-state index is 0.504. The molecule has 0 aromatic carbocycles. The lowest BCUT2D eigenvalue weighted by atomic mass is 10.2. The van der Waals surface area contributed by atoms with Crippen molar-refractivity contribution in [3.8, 4) is 0 Å². The molecule has 96 valence electrons. The summed E-state index contributed by atoms with van der Waals surface area (Å²) in [4.78, 5) is 6.57. The summed E-state index contributed by atoms with van der Waals surface area (Å²) in [6.45, 7) is 4.62. The summed E-state index contributed by atoms with van der Waals surface area (Å²) >= 11 is 5.87. The molecule has 0 aliphatic carbocycles. The zero-order valence-electron chi connectivity index (χ0n) is 10.9. The molecular formula is C14H17ClN2O. The van der Waals surface area contributed by atoms with Crippen molar-refractivity contribution in [3.05, 3.63) is 47.0 Å². The minimum Gasteiger partial charge on any atom is -0.464 e. The van der Waals surface area contributed by atoms with E-state index in [1.54, 1.807) is 0 Å². The third-order valence-electron chi connectivity index (χ3n) is 2.73.